The van der Waals surface area contributed by atoms with Gasteiger partial charge in [-0.1, -0.05) is 42.5 Å². The van der Waals surface area contributed by atoms with E-state index in [1.807, 2.05) is 23.1 Å². The number of hydrogen-bond donors (Lipinski definition) is 3. The third-order valence-electron chi connectivity index (χ3n) is 8.80. The molecule has 3 aromatic rings. The average Bonchev–Trinajstić information content (AvgIpc) is 3.43. The maximum Gasteiger partial charge on any atom is 0.248 e. The molecule has 12 heteroatoms. The van der Waals surface area contributed by atoms with Crippen molar-refractivity contribution >= 4 is 29.2 Å². The van der Waals surface area contributed by atoms with Gasteiger partial charge in [-0.15, -0.1) is 0 Å². The molecule has 1 aliphatic heterocycles. The molecule has 4 N–H and O–H groups in total. The number of rotatable bonds is 10. The van der Waals surface area contributed by atoms with Crippen molar-refractivity contribution in [2.45, 2.75) is 50.6 Å². The number of nitrogens with two attached hydrogens (primary N) is 1. The van der Waals surface area contributed by atoms with Gasteiger partial charge < -0.3 is 21.3 Å². The molecular formula is C33H41F2N7O3. The fourth-order valence-electron chi connectivity index (χ4n) is 6.13. The first kappa shape index (κ1) is 32.2. The van der Waals surface area contributed by atoms with Crippen molar-refractivity contribution in [3.63, 3.8) is 0 Å². The molecule has 5 rings (SSSR count). The molecule has 1 saturated heterocycles. The third kappa shape index (κ3) is 8.52. The Morgan fingerprint density at radius 1 is 0.911 bits per heavy atom. The maximum absolute atomic E-state index is 13.9. The first-order valence-electron chi connectivity index (χ1n) is 15.4. The average molecular weight is 622 g/mol. The van der Waals surface area contributed by atoms with Gasteiger partial charge in [0.2, 0.25) is 23.6 Å². The summed E-state index contributed by atoms with van der Waals surface area (Å²) in [6, 6.07) is 18.1. The van der Waals surface area contributed by atoms with E-state index in [0.29, 0.717) is 31.0 Å². The first-order chi connectivity index (χ1) is 21.6. The predicted molar refractivity (Wildman–Crippen MR) is 167 cm³/mol. The number of aromatic nitrogens is 2. The standard InChI is InChI=1S/C33H41F2N7O3/c1-40-28(13-16-37-40)39-31(44)29(25-11-14-33(34,35)15-12-25)30(43)38-26-9-7-23(8-10-26)21-27(36)32(45)42-19-17-41(18-20-42)22-24-5-3-2-4-6-24/h2-10,13,16,25,27,29H,11-12,14-15,17-22,36H2,1H3,(H,38,43)(H,39,44)/t27-,29+/m1/s1. The van der Waals surface area contributed by atoms with E-state index in [-0.39, 0.29) is 31.6 Å². The third-order valence-corrected chi connectivity index (χ3v) is 8.80. The van der Waals surface area contributed by atoms with Gasteiger partial charge in [0.15, 0.2) is 0 Å². The van der Waals surface area contributed by atoms with Crippen molar-refractivity contribution in [3.8, 4) is 0 Å². The topological polar surface area (TPSA) is 126 Å². The lowest BCUT2D eigenvalue weighted by atomic mass is 9.77. The van der Waals surface area contributed by atoms with Crippen LogP contribution in [-0.4, -0.2) is 75.4 Å². The number of carbonyl (C=O) groups excluding carboxylic acids is 3. The molecule has 0 bridgehead atoms. The van der Waals surface area contributed by atoms with Gasteiger partial charge in [-0.05, 0) is 48.4 Å². The van der Waals surface area contributed by atoms with E-state index in [1.54, 1.807) is 37.4 Å². The molecule has 0 radical (unpaired) electrons. The van der Waals surface area contributed by atoms with Gasteiger partial charge >= 0.3 is 0 Å². The summed E-state index contributed by atoms with van der Waals surface area (Å²) in [5.41, 5.74) is 8.85. The van der Waals surface area contributed by atoms with E-state index in [4.69, 9.17) is 5.73 Å². The number of benzene rings is 2. The number of carbonyl (C=O) groups is 3. The van der Waals surface area contributed by atoms with Gasteiger partial charge in [0.25, 0.3) is 0 Å². The molecule has 2 aliphatic rings. The highest BCUT2D eigenvalue weighted by Gasteiger charge is 2.42. The summed E-state index contributed by atoms with van der Waals surface area (Å²) in [5.74, 6) is -5.28. The number of amides is 3. The Bertz CT molecular complexity index is 1450. The fraction of sp³-hybridized carbons (Fsp3) is 0.455. The van der Waals surface area contributed by atoms with Crippen LogP contribution in [0.15, 0.2) is 66.9 Å². The number of piperazine rings is 1. The van der Waals surface area contributed by atoms with Crippen LogP contribution in [0.4, 0.5) is 20.3 Å². The van der Waals surface area contributed by atoms with Gasteiger partial charge in [-0.2, -0.15) is 5.10 Å². The second-order valence-corrected chi connectivity index (χ2v) is 12.1. The molecule has 0 unspecified atom stereocenters. The van der Waals surface area contributed by atoms with Crippen LogP contribution < -0.4 is 16.4 Å². The van der Waals surface area contributed by atoms with Crippen LogP contribution >= 0.6 is 0 Å². The second-order valence-electron chi connectivity index (χ2n) is 12.1. The van der Waals surface area contributed by atoms with Gasteiger partial charge in [-0.3, -0.25) is 24.0 Å². The molecule has 2 aromatic carbocycles. The molecule has 3 amide bonds. The normalized spacial score (nSPS) is 18.6. The van der Waals surface area contributed by atoms with Crippen LogP contribution in [-0.2, 0) is 34.4 Å². The van der Waals surface area contributed by atoms with E-state index in [1.165, 1.54) is 16.4 Å². The molecule has 2 atom stereocenters. The molecule has 1 aromatic heterocycles. The fourth-order valence-corrected chi connectivity index (χ4v) is 6.13. The summed E-state index contributed by atoms with van der Waals surface area (Å²) in [4.78, 5) is 43.9. The molecule has 1 saturated carbocycles. The van der Waals surface area contributed by atoms with Crippen LogP contribution in [0, 0.1) is 11.8 Å². The molecule has 45 heavy (non-hydrogen) atoms. The zero-order valence-corrected chi connectivity index (χ0v) is 25.5. The quantitative estimate of drug-likeness (QED) is 0.297. The highest BCUT2D eigenvalue weighted by molar-refractivity contribution is 6.10. The van der Waals surface area contributed by atoms with Gasteiger partial charge in [-0.25, -0.2) is 8.78 Å². The van der Waals surface area contributed by atoms with Crippen molar-refractivity contribution in [1.82, 2.24) is 19.6 Å². The molecule has 2 fully saturated rings. The van der Waals surface area contributed by atoms with E-state index in [9.17, 15) is 23.2 Å². The van der Waals surface area contributed by atoms with Gasteiger partial charge in [0, 0.05) is 64.4 Å². The molecular weight excluding hydrogens is 580 g/mol. The smallest absolute Gasteiger partial charge is 0.248 e. The van der Waals surface area contributed by atoms with E-state index >= 15 is 0 Å². The lowest BCUT2D eigenvalue weighted by Crippen LogP contribution is -2.53. The Morgan fingerprint density at radius 3 is 2.18 bits per heavy atom. The van der Waals surface area contributed by atoms with Crippen molar-refractivity contribution < 1.29 is 23.2 Å². The number of nitrogens with one attached hydrogen (secondary N) is 2. The van der Waals surface area contributed by atoms with Crippen LogP contribution in [0.2, 0.25) is 0 Å². The highest BCUT2D eigenvalue weighted by atomic mass is 19.3. The van der Waals surface area contributed by atoms with Crippen molar-refractivity contribution in [2.75, 3.05) is 36.8 Å². The number of hydrogen-bond acceptors (Lipinski definition) is 6. The lowest BCUT2D eigenvalue weighted by molar-refractivity contribution is -0.135. The van der Waals surface area contributed by atoms with Gasteiger partial charge in [0.1, 0.15) is 11.7 Å². The minimum Gasteiger partial charge on any atom is -0.339 e. The summed E-state index contributed by atoms with van der Waals surface area (Å²) in [6.45, 7) is 3.67. The summed E-state index contributed by atoms with van der Waals surface area (Å²) in [6.07, 6.45) is 1.26. The Balaban J connectivity index is 1.15. The Kier molecular flexibility index (Phi) is 10.2. The highest BCUT2D eigenvalue weighted by Crippen LogP contribution is 2.40. The van der Waals surface area contributed by atoms with Crippen LogP contribution in [0.5, 0.6) is 0 Å². The minimum absolute atomic E-state index is 0.0663. The maximum atomic E-state index is 13.9. The zero-order valence-electron chi connectivity index (χ0n) is 25.5. The Hall–Kier alpha value is -4.16. The first-order valence-corrected chi connectivity index (χ1v) is 15.4. The van der Waals surface area contributed by atoms with Crippen molar-refractivity contribution in [1.29, 1.82) is 0 Å². The van der Waals surface area contributed by atoms with E-state index < -0.39 is 35.6 Å². The summed E-state index contributed by atoms with van der Waals surface area (Å²) in [5, 5.41) is 9.53. The van der Waals surface area contributed by atoms with Crippen LogP contribution in [0.3, 0.4) is 0 Å². The van der Waals surface area contributed by atoms with E-state index in [2.05, 4.69) is 32.8 Å². The predicted octanol–water partition coefficient (Wildman–Crippen LogP) is 3.65. The minimum atomic E-state index is -2.79. The molecule has 2 heterocycles. The van der Waals surface area contributed by atoms with Gasteiger partial charge in [0.05, 0.1) is 12.2 Å². The number of halogens is 2. The number of aryl methyl sites for hydroxylation is 1. The van der Waals surface area contributed by atoms with Crippen LogP contribution in [0.1, 0.15) is 36.8 Å². The molecule has 10 nitrogen and oxygen atoms in total. The molecule has 0 spiro atoms. The number of alkyl halides is 2. The molecule has 1 aliphatic carbocycles. The lowest BCUT2D eigenvalue weighted by Gasteiger charge is -2.36. The largest absolute Gasteiger partial charge is 0.339 e. The van der Waals surface area contributed by atoms with E-state index in [0.717, 1.165) is 25.2 Å². The number of nitrogens with zero attached hydrogens (tertiary/aromatic N) is 4. The van der Waals surface area contributed by atoms with Crippen molar-refractivity contribution in [3.05, 3.63) is 78.0 Å². The SMILES string of the molecule is Cn1nccc1NC(=O)[C@H](C(=O)Nc1ccc(C[C@@H](N)C(=O)N2CCN(Cc3ccccc3)CC2)cc1)C1CCC(F)(F)CC1. The number of anilines is 2. The Morgan fingerprint density at radius 2 is 1.56 bits per heavy atom. The second kappa shape index (κ2) is 14.3. The Labute approximate surface area is 261 Å². The summed E-state index contributed by atoms with van der Waals surface area (Å²) in [7, 11) is 1.65. The summed E-state index contributed by atoms with van der Waals surface area (Å²) >= 11 is 0. The molecule has 240 valence electrons. The van der Waals surface area contributed by atoms with Crippen LogP contribution in [0.25, 0.3) is 0 Å². The summed E-state index contributed by atoms with van der Waals surface area (Å²) < 4.78 is 29.2. The van der Waals surface area contributed by atoms with Crippen molar-refractivity contribution in [2.24, 2.45) is 24.6 Å². The monoisotopic (exact) mass is 621 g/mol. The zero-order chi connectivity index (χ0) is 32.0.